The molecule has 2 unspecified atom stereocenters. The second-order valence-electron chi connectivity index (χ2n) is 11.5. The van der Waals surface area contributed by atoms with E-state index in [1.807, 2.05) is 56.6 Å². The molecule has 8 heteroatoms. The van der Waals surface area contributed by atoms with Crippen LogP contribution >= 0.6 is 0 Å². The maximum Gasteiger partial charge on any atom is 0.223 e. The topological polar surface area (TPSA) is 133 Å². The van der Waals surface area contributed by atoms with Gasteiger partial charge in [-0.3, -0.25) is 19.8 Å². The molecular weight excluding hydrogens is 450 g/mol. The van der Waals surface area contributed by atoms with Gasteiger partial charge < -0.3 is 5.73 Å². The SMILES string of the molecule is Cc1nn(C(C)(C)C(=NC2C3CC4CC2CC(C(N)=O)(C4)C3)NC#N)c(C)c1-c1ccc(C#N)cc1. The lowest BCUT2D eigenvalue weighted by molar-refractivity contribution is -0.144. The maximum atomic E-state index is 12.4. The largest absolute Gasteiger partial charge is 0.369 e. The molecule has 4 aliphatic rings. The smallest absolute Gasteiger partial charge is 0.223 e. The number of nitrogens with zero attached hydrogens (tertiary/aromatic N) is 5. The maximum absolute atomic E-state index is 12.4. The van der Waals surface area contributed by atoms with Gasteiger partial charge >= 0.3 is 0 Å². The lowest BCUT2D eigenvalue weighted by Gasteiger charge is -2.57. The van der Waals surface area contributed by atoms with Crippen LogP contribution in [0, 0.1) is 59.8 Å². The third-order valence-corrected chi connectivity index (χ3v) is 8.90. The summed E-state index contributed by atoms with van der Waals surface area (Å²) >= 11 is 0. The molecule has 1 aromatic carbocycles. The van der Waals surface area contributed by atoms with Crippen molar-refractivity contribution in [2.45, 2.75) is 71.4 Å². The summed E-state index contributed by atoms with van der Waals surface area (Å²) < 4.78 is 1.94. The number of nitriles is 2. The highest BCUT2D eigenvalue weighted by Gasteiger charge is 2.58. The first-order valence-electron chi connectivity index (χ1n) is 12.7. The molecule has 0 spiro atoms. The molecule has 36 heavy (non-hydrogen) atoms. The van der Waals surface area contributed by atoms with Crippen molar-refractivity contribution in [1.82, 2.24) is 15.1 Å². The highest BCUT2D eigenvalue weighted by Crippen LogP contribution is 2.60. The number of nitrogens with one attached hydrogen (secondary N) is 1. The van der Waals surface area contributed by atoms with Crippen LogP contribution in [0.2, 0.25) is 0 Å². The van der Waals surface area contributed by atoms with Crippen molar-refractivity contribution in [2.24, 2.45) is 33.9 Å². The number of rotatable bonds is 5. The number of amides is 1. The Kier molecular flexibility index (Phi) is 5.67. The molecule has 4 saturated carbocycles. The standard InChI is InChI=1S/C28H33N7O/c1-16-23(20-7-5-18(14-29)6-8-20)17(2)35(34-16)27(3,4)26(32-15-30)33-24-21-9-19-10-22(24)13-28(11-19,12-21)25(31)36/h5-8,19,21-22,24H,9-13H2,1-4H3,(H2,31,36)(H,32,33). The predicted molar refractivity (Wildman–Crippen MR) is 136 cm³/mol. The number of benzene rings is 1. The molecule has 4 aliphatic carbocycles. The molecule has 4 fully saturated rings. The Balaban J connectivity index is 1.51. The molecule has 2 atom stereocenters. The zero-order valence-corrected chi connectivity index (χ0v) is 21.4. The first kappa shape index (κ1) is 24.1. The summed E-state index contributed by atoms with van der Waals surface area (Å²) in [5.41, 5.74) is 9.26. The van der Waals surface area contributed by atoms with Gasteiger partial charge in [0, 0.05) is 16.7 Å². The number of nitrogens with two attached hydrogens (primary N) is 1. The molecule has 1 aromatic heterocycles. The van der Waals surface area contributed by atoms with E-state index in [1.165, 1.54) is 0 Å². The van der Waals surface area contributed by atoms with Crippen molar-refractivity contribution in [3.05, 3.63) is 41.2 Å². The van der Waals surface area contributed by atoms with E-state index in [1.54, 1.807) is 0 Å². The Morgan fingerprint density at radius 3 is 2.36 bits per heavy atom. The van der Waals surface area contributed by atoms with Crippen molar-refractivity contribution in [1.29, 1.82) is 10.5 Å². The third-order valence-electron chi connectivity index (χ3n) is 8.90. The van der Waals surface area contributed by atoms with Crippen molar-refractivity contribution >= 4 is 11.7 Å². The quantitative estimate of drug-likeness (QED) is 0.288. The minimum atomic E-state index is -0.703. The van der Waals surface area contributed by atoms with E-state index in [4.69, 9.17) is 21.1 Å². The molecule has 1 amide bonds. The van der Waals surface area contributed by atoms with Crippen LogP contribution in [0.25, 0.3) is 11.1 Å². The number of aromatic nitrogens is 2. The minimum absolute atomic E-state index is 0.0686. The molecule has 6 rings (SSSR count). The van der Waals surface area contributed by atoms with Crippen LogP contribution in [0.4, 0.5) is 0 Å². The number of carbonyl (C=O) groups excluding carboxylic acids is 1. The Bertz CT molecular complexity index is 1310. The van der Waals surface area contributed by atoms with Crippen LogP contribution in [0.5, 0.6) is 0 Å². The van der Waals surface area contributed by atoms with E-state index in [0.29, 0.717) is 29.2 Å². The summed E-state index contributed by atoms with van der Waals surface area (Å²) in [6, 6.07) is 9.74. The predicted octanol–water partition coefficient (Wildman–Crippen LogP) is 3.92. The average molecular weight is 484 g/mol. The first-order valence-corrected chi connectivity index (χ1v) is 12.7. The Labute approximate surface area is 212 Å². The highest BCUT2D eigenvalue weighted by atomic mass is 16.1. The molecule has 0 radical (unpaired) electrons. The monoisotopic (exact) mass is 483 g/mol. The van der Waals surface area contributed by atoms with Crippen molar-refractivity contribution < 1.29 is 4.79 Å². The van der Waals surface area contributed by atoms with E-state index in [2.05, 4.69) is 17.6 Å². The fourth-order valence-electron chi connectivity index (χ4n) is 7.47. The second kappa shape index (κ2) is 8.48. The van der Waals surface area contributed by atoms with Crippen LogP contribution in [0.3, 0.4) is 0 Å². The van der Waals surface area contributed by atoms with E-state index in [9.17, 15) is 10.1 Å². The highest BCUT2D eigenvalue weighted by molar-refractivity contribution is 5.91. The normalized spacial score (nSPS) is 29.0. The van der Waals surface area contributed by atoms with Gasteiger partial charge in [-0.15, -0.1) is 0 Å². The molecule has 0 saturated heterocycles. The molecule has 1 heterocycles. The first-order chi connectivity index (χ1) is 17.1. The van der Waals surface area contributed by atoms with Gasteiger partial charge in [-0.2, -0.15) is 15.6 Å². The fraction of sp³-hybridized carbons (Fsp3) is 0.536. The Morgan fingerprint density at radius 1 is 1.17 bits per heavy atom. The van der Waals surface area contributed by atoms with Crippen LogP contribution in [0.1, 0.15) is 62.9 Å². The van der Waals surface area contributed by atoms with E-state index in [-0.39, 0.29) is 17.4 Å². The van der Waals surface area contributed by atoms with Gasteiger partial charge in [-0.25, -0.2) is 0 Å². The Morgan fingerprint density at radius 2 is 1.81 bits per heavy atom. The van der Waals surface area contributed by atoms with Gasteiger partial charge in [-0.1, -0.05) is 12.1 Å². The number of aliphatic imine (C=N–C) groups is 1. The van der Waals surface area contributed by atoms with Gasteiger partial charge in [0.15, 0.2) is 6.19 Å². The summed E-state index contributed by atoms with van der Waals surface area (Å²) in [5.74, 6) is 1.60. The summed E-state index contributed by atoms with van der Waals surface area (Å²) in [7, 11) is 0. The molecule has 0 aliphatic heterocycles. The van der Waals surface area contributed by atoms with E-state index >= 15 is 0 Å². The van der Waals surface area contributed by atoms with Crippen molar-refractivity contribution in [3.8, 4) is 23.4 Å². The number of carbonyl (C=O) groups is 1. The molecule has 3 N–H and O–H groups in total. The summed E-state index contributed by atoms with van der Waals surface area (Å²) in [5, 5.41) is 26.6. The van der Waals surface area contributed by atoms with Gasteiger partial charge in [-0.05, 0) is 95.2 Å². The number of aryl methyl sites for hydroxylation is 1. The van der Waals surface area contributed by atoms with Gasteiger partial charge in [0.25, 0.3) is 0 Å². The molecular formula is C28H33N7O. The zero-order chi connectivity index (χ0) is 25.8. The summed E-state index contributed by atoms with van der Waals surface area (Å²) in [4.78, 5) is 17.6. The molecule has 4 bridgehead atoms. The zero-order valence-electron chi connectivity index (χ0n) is 21.4. The minimum Gasteiger partial charge on any atom is -0.369 e. The van der Waals surface area contributed by atoms with E-state index in [0.717, 1.165) is 54.6 Å². The van der Waals surface area contributed by atoms with Crippen molar-refractivity contribution in [3.63, 3.8) is 0 Å². The number of primary amides is 1. The van der Waals surface area contributed by atoms with Crippen LogP contribution in [0.15, 0.2) is 29.3 Å². The van der Waals surface area contributed by atoms with Crippen molar-refractivity contribution in [2.75, 3.05) is 0 Å². The number of hydrogen-bond donors (Lipinski definition) is 2. The third kappa shape index (κ3) is 3.67. The Hall–Kier alpha value is -3.65. The number of amidine groups is 1. The van der Waals surface area contributed by atoms with Gasteiger partial charge in [0.2, 0.25) is 5.91 Å². The van der Waals surface area contributed by atoms with Crippen LogP contribution in [-0.4, -0.2) is 27.6 Å². The molecule has 8 nitrogen and oxygen atoms in total. The van der Waals surface area contributed by atoms with Gasteiger partial charge in [0.1, 0.15) is 11.4 Å². The number of hydrogen-bond acceptors (Lipinski definition) is 5. The van der Waals surface area contributed by atoms with Gasteiger partial charge in [0.05, 0.1) is 23.4 Å². The summed E-state index contributed by atoms with van der Waals surface area (Å²) in [6.45, 7) is 8.06. The second-order valence-corrected chi connectivity index (χ2v) is 11.5. The van der Waals surface area contributed by atoms with Crippen LogP contribution < -0.4 is 11.1 Å². The lowest BCUT2D eigenvalue weighted by Crippen LogP contribution is -2.58. The van der Waals surface area contributed by atoms with Crippen LogP contribution in [-0.2, 0) is 10.3 Å². The van der Waals surface area contributed by atoms with E-state index < -0.39 is 5.54 Å². The average Bonchev–Trinajstić information content (AvgIpc) is 3.14. The summed E-state index contributed by atoms with van der Waals surface area (Å²) in [6.07, 6.45) is 6.76. The molecule has 186 valence electrons. The fourth-order valence-corrected chi connectivity index (χ4v) is 7.47. The lowest BCUT2D eigenvalue weighted by atomic mass is 9.48. The molecule has 2 aromatic rings.